The molecule has 0 aromatic carbocycles. The molecule has 0 aliphatic carbocycles. The van der Waals surface area contributed by atoms with Crippen molar-refractivity contribution in [1.82, 2.24) is 4.98 Å². The van der Waals surface area contributed by atoms with E-state index < -0.39 is 0 Å². The lowest BCUT2D eigenvalue weighted by Crippen LogP contribution is -1.95. The van der Waals surface area contributed by atoms with Crippen molar-refractivity contribution >= 4 is 18.2 Å². The summed E-state index contributed by atoms with van der Waals surface area (Å²) in [5.74, 6) is 1.31. The number of ether oxygens (including phenoxy) is 1. The topological polar surface area (TPSA) is 48.1 Å². The van der Waals surface area contributed by atoms with Crippen LogP contribution in [0, 0.1) is 6.92 Å². The van der Waals surface area contributed by atoms with Crippen molar-refractivity contribution in [1.29, 1.82) is 0 Å². The van der Waals surface area contributed by atoms with Gasteiger partial charge in [0.15, 0.2) is 0 Å². The lowest BCUT2D eigenvalue weighted by molar-refractivity contribution is 0.411. The molecule has 2 N–H and O–H groups in total. The highest BCUT2D eigenvalue weighted by Crippen LogP contribution is 2.19. The van der Waals surface area contributed by atoms with Crippen molar-refractivity contribution in [3.8, 4) is 5.75 Å². The molecule has 0 aliphatic rings. The van der Waals surface area contributed by atoms with E-state index in [9.17, 15) is 0 Å². The summed E-state index contributed by atoms with van der Waals surface area (Å²) in [6.45, 7) is 1.88. The second kappa shape index (κ2) is 4.03. The number of nitrogen functional groups attached to an aromatic ring is 1. The van der Waals surface area contributed by atoms with Gasteiger partial charge in [-0.25, -0.2) is 4.98 Å². The summed E-state index contributed by atoms with van der Waals surface area (Å²) in [6, 6.07) is 1.78. The summed E-state index contributed by atoms with van der Waals surface area (Å²) in [7, 11) is 1.61. The summed E-state index contributed by atoms with van der Waals surface area (Å²) in [5, 5.41) is 0. The van der Waals surface area contributed by atoms with Crippen LogP contribution in [0.15, 0.2) is 12.3 Å². The molecule has 3 nitrogen and oxygen atoms in total. The number of halogens is 1. The first kappa shape index (κ1) is 10.0. The summed E-state index contributed by atoms with van der Waals surface area (Å²) >= 11 is 0. The van der Waals surface area contributed by atoms with E-state index in [4.69, 9.17) is 10.5 Å². The molecular formula is C7H11ClN2O. The summed E-state index contributed by atoms with van der Waals surface area (Å²) in [5.41, 5.74) is 6.40. The van der Waals surface area contributed by atoms with Gasteiger partial charge in [-0.2, -0.15) is 0 Å². The Hall–Kier alpha value is -0.960. The number of nitrogens with zero attached hydrogens (tertiary/aromatic N) is 1. The van der Waals surface area contributed by atoms with Crippen molar-refractivity contribution in [2.24, 2.45) is 0 Å². The molecule has 0 saturated carbocycles. The lowest BCUT2D eigenvalue weighted by Gasteiger charge is -2.04. The minimum Gasteiger partial charge on any atom is -0.496 e. The van der Waals surface area contributed by atoms with Crippen LogP contribution in [0.2, 0.25) is 0 Å². The van der Waals surface area contributed by atoms with Gasteiger partial charge in [0, 0.05) is 11.8 Å². The Morgan fingerprint density at radius 3 is 2.64 bits per heavy atom. The molecule has 4 heteroatoms. The van der Waals surface area contributed by atoms with Gasteiger partial charge in [0.1, 0.15) is 11.6 Å². The molecule has 0 radical (unpaired) electrons. The van der Waals surface area contributed by atoms with E-state index in [0.717, 1.165) is 11.3 Å². The average Bonchev–Trinajstić information content (AvgIpc) is 1.95. The van der Waals surface area contributed by atoms with Gasteiger partial charge in [0.2, 0.25) is 0 Å². The van der Waals surface area contributed by atoms with Gasteiger partial charge in [-0.1, -0.05) is 0 Å². The fourth-order valence-corrected chi connectivity index (χ4v) is 0.754. The van der Waals surface area contributed by atoms with E-state index in [1.54, 1.807) is 19.4 Å². The smallest absolute Gasteiger partial charge is 0.129 e. The maximum absolute atomic E-state index is 5.51. The third-order valence-corrected chi connectivity index (χ3v) is 1.41. The number of nitrogens with two attached hydrogens (primary N) is 1. The van der Waals surface area contributed by atoms with Gasteiger partial charge >= 0.3 is 0 Å². The number of rotatable bonds is 1. The zero-order chi connectivity index (χ0) is 7.56. The standard InChI is InChI=1S/C7H10N2O.ClH/c1-5-6(10-2)3-4-9-7(5)8;/h3-4H,1-2H3,(H2,8,9);1H. The Labute approximate surface area is 72.0 Å². The monoisotopic (exact) mass is 174 g/mol. The van der Waals surface area contributed by atoms with Crippen LogP contribution in [-0.2, 0) is 0 Å². The third kappa shape index (κ3) is 1.98. The predicted molar refractivity (Wildman–Crippen MR) is 47.2 cm³/mol. The third-order valence-electron chi connectivity index (χ3n) is 1.41. The van der Waals surface area contributed by atoms with Gasteiger partial charge in [-0.15, -0.1) is 12.4 Å². The van der Waals surface area contributed by atoms with Crippen molar-refractivity contribution in [3.05, 3.63) is 17.8 Å². The highest BCUT2D eigenvalue weighted by Gasteiger charge is 1.99. The quantitative estimate of drug-likeness (QED) is 0.700. The van der Waals surface area contributed by atoms with Crippen molar-refractivity contribution in [2.45, 2.75) is 6.92 Å². The molecular weight excluding hydrogens is 164 g/mol. The number of pyridine rings is 1. The molecule has 0 unspecified atom stereocenters. The number of hydrogen-bond donors (Lipinski definition) is 1. The van der Waals surface area contributed by atoms with Gasteiger partial charge in [0.05, 0.1) is 7.11 Å². The van der Waals surface area contributed by atoms with Crippen LogP contribution in [0.3, 0.4) is 0 Å². The van der Waals surface area contributed by atoms with E-state index in [0.29, 0.717) is 5.82 Å². The molecule has 0 bridgehead atoms. The molecule has 0 spiro atoms. The largest absolute Gasteiger partial charge is 0.496 e. The minimum absolute atomic E-state index is 0. The van der Waals surface area contributed by atoms with E-state index >= 15 is 0 Å². The fraction of sp³-hybridized carbons (Fsp3) is 0.286. The van der Waals surface area contributed by atoms with Crippen LogP contribution in [0.1, 0.15) is 5.56 Å². The molecule has 0 saturated heterocycles. The maximum Gasteiger partial charge on any atom is 0.129 e. The molecule has 0 amide bonds. The van der Waals surface area contributed by atoms with Gasteiger partial charge < -0.3 is 10.5 Å². The average molecular weight is 175 g/mol. The maximum atomic E-state index is 5.51. The second-order valence-electron chi connectivity index (χ2n) is 2.02. The van der Waals surface area contributed by atoms with Crippen LogP contribution in [0.4, 0.5) is 5.82 Å². The van der Waals surface area contributed by atoms with Crippen LogP contribution in [0.25, 0.3) is 0 Å². The number of aromatic nitrogens is 1. The van der Waals surface area contributed by atoms with Gasteiger partial charge in [0.25, 0.3) is 0 Å². The first-order valence-electron chi connectivity index (χ1n) is 3.00. The molecule has 0 aliphatic heterocycles. The molecule has 62 valence electrons. The first-order valence-corrected chi connectivity index (χ1v) is 3.00. The van der Waals surface area contributed by atoms with E-state index in [1.165, 1.54) is 0 Å². The second-order valence-corrected chi connectivity index (χ2v) is 2.02. The lowest BCUT2D eigenvalue weighted by atomic mass is 10.3. The normalized spacial score (nSPS) is 8.55. The van der Waals surface area contributed by atoms with Crippen LogP contribution < -0.4 is 10.5 Å². The molecule has 1 aromatic heterocycles. The molecule has 1 heterocycles. The minimum atomic E-state index is 0. The number of methoxy groups -OCH3 is 1. The zero-order valence-corrected chi connectivity index (χ0v) is 7.31. The Kier molecular flexibility index (Phi) is 3.68. The van der Waals surface area contributed by atoms with Gasteiger partial charge in [-0.3, -0.25) is 0 Å². The summed E-state index contributed by atoms with van der Waals surface area (Å²) in [4.78, 5) is 3.89. The van der Waals surface area contributed by atoms with Crippen molar-refractivity contribution in [3.63, 3.8) is 0 Å². The molecule has 1 aromatic rings. The highest BCUT2D eigenvalue weighted by molar-refractivity contribution is 5.85. The van der Waals surface area contributed by atoms with E-state index in [1.807, 2.05) is 6.92 Å². The Balaban J connectivity index is 0.000001000. The van der Waals surface area contributed by atoms with E-state index in [2.05, 4.69) is 4.98 Å². The SMILES string of the molecule is COc1ccnc(N)c1C.Cl. The van der Waals surface area contributed by atoms with Crippen LogP contribution in [0.5, 0.6) is 5.75 Å². The summed E-state index contributed by atoms with van der Waals surface area (Å²) in [6.07, 6.45) is 1.63. The fourth-order valence-electron chi connectivity index (χ4n) is 0.754. The highest BCUT2D eigenvalue weighted by atomic mass is 35.5. The Morgan fingerprint density at radius 2 is 2.18 bits per heavy atom. The molecule has 1 rings (SSSR count). The van der Waals surface area contributed by atoms with Gasteiger partial charge in [-0.05, 0) is 13.0 Å². The predicted octanol–water partition coefficient (Wildman–Crippen LogP) is 1.40. The van der Waals surface area contributed by atoms with Crippen molar-refractivity contribution < 1.29 is 4.74 Å². The molecule has 0 atom stereocenters. The van der Waals surface area contributed by atoms with E-state index in [-0.39, 0.29) is 12.4 Å². The number of anilines is 1. The van der Waals surface area contributed by atoms with Crippen LogP contribution in [-0.4, -0.2) is 12.1 Å². The first-order chi connectivity index (χ1) is 4.75. The Morgan fingerprint density at radius 1 is 1.55 bits per heavy atom. The molecule has 0 fully saturated rings. The summed E-state index contributed by atoms with van der Waals surface area (Å²) < 4.78 is 5.01. The number of hydrogen-bond acceptors (Lipinski definition) is 3. The zero-order valence-electron chi connectivity index (χ0n) is 6.50. The molecule has 11 heavy (non-hydrogen) atoms. The van der Waals surface area contributed by atoms with Crippen LogP contribution >= 0.6 is 12.4 Å². The van der Waals surface area contributed by atoms with Crippen molar-refractivity contribution in [2.75, 3.05) is 12.8 Å². The Bertz CT molecular complexity index is 240.